The van der Waals surface area contributed by atoms with E-state index in [1.165, 1.54) is 81.9 Å². The van der Waals surface area contributed by atoms with Crippen LogP contribution in [0.2, 0.25) is 0 Å². The molecule has 0 radical (unpaired) electrons. The van der Waals surface area contributed by atoms with Crippen molar-refractivity contribution in [1.82, 2.24) is 0 Å². The van der Waals surface area contributed by atoms with Gasteiger partial charge in [-0.15, -0.1) is 0 Å². The van der Waals surface area contributed by atoms with E-state index in [0.29, 0.717) is 6.04 Å². The van der Waals surface area contributed by atoms with Crippen LogP contribution in [0.1, 0.15) is 90.5 Å². The monoisotopic (exact) mass is 303 g/mol. The maximum Gasteiger partial charge on any atom is 0.0342 e. The van der Waals surface area contributed by atoms with Gasteiger partial charge in [-0.3, -0.25) is 0 Å². The molecule has 1 rings (SSSR count). The van der Waals surface area contributed by atoms with Gasteiger partial charge in [0.15, 0.2) is 0 Å². The third-order valence-corrected chi connectivity index (χ3v) is 4.23. The molecule has 0 unspecified atom stereocenters. The summed E-state index contributed by atoms with van der Waals surface area (Å²) in [5, 5.41) is 3.44. The van der Waals surface area contributed by atoms with Crippen LogP contribution in [0.4, 0.5) is 5.69 Å². The first kappa shape index (κ1) is 19.1. The van der Waals surface area contributed by atoms with E-state index in [9.17, 15) is 0 Å². The van der Waals surface area contributed by atoms with Crippen LogP contribution in [0.25, 0.3) is 0 Å². The minimum atomic E-state index is 0.507. The number of hydrogen-bond acceptors (Lipinski definition) is 1. The lowest BCUT2D eigenvalue weighted by atomic mass is 10.0. The zero-order chi connectivity index (χ0) is 16.0. The number of rotatable bonds is 13. The molecule has 22 heavy (non-hydrogen) atoms. The van der Waals surface area contributed by atoms with Gasteiger partial charge in [-0.25, -0.2) is 0 Å². The Bertz CT molecular complexity index is 353. The Hall–Kier alpha value is -0.980. The second-order valence-electron chi connectivity index (χ2n) is 6.93. The molecule has 0 amide bonds. The molecular formula is C21H37N. The van der Waals surface area contributed by atoms with Gasteiger partial charge in [-0.2, -0.15) is 0 Å². The maximum absolute atomic E-state index is 3.44. The summed E-state index contributed by atoms with van der Waals surface area (Å²) in [6, 6.07) is 9.49. The van der Waals surface area contributed by atoms with E-state index in [-0.39, 0.29) is 0 Å². The predicted octanol–water partition coefficient (Wildman–Crippen LogP) is 6.97. The van der Waals surface area contributed by atoms with E-state index < -0.39 is 0 Å². The Balaban J connectivity index is 1.98. The molecular weight excluding hydrogens is 266 g/mol. The van der Waals surface area contributed by atoms with Gasteiger partial charge in [0.1, 0.15) is 0 Å². The van der Waals surface area contributed by atoms with Crippen molar-refractivity contribution >= 4 is 5.69 Å². The van der Waals surface area contributed by atoms with Crippen LogP contribution < -0.4 is 5.32 Å². The zero-order valence-corrected chi connectivity index (χ0v) is 15.2. The Morgan fingerprint density at radius 1 is 0.727 bits per heavy atom. The lowest BCUT2D eigenvalue weighted by Gasteiger charge is -2.10. The molecule has 0 heterocycles. The van der Waals surface area contributed by atoms with Crippen LogP contribution in [0.5, 0.6) is 0 Å². The summed E-state index contributed by atoms with van der Waals surface area (Å²) in [4.78, 5) is 0. The highest BCUT2D eigenvalue weighted by Gasteiger charge is 1.97. The maximum atomic E-state index is 3.44. The molecule has 0 bridgehead atoms. The first-order valence-corrected chi connectivity index (χ1v) is 9.58. The van der Waals surface area contributed by atoms with E-state index in [1.807, 2.05) is 0 Å². The molecule has 0 atom stereocenters. The highest BCUT2D eigenvalue weighted by atomic mass is 14.9. The first-order chi connectivity index (χ1) is 10.7. The smallest absolute Gasteiger partial charge is 0.0342 e. The SMILES string of the molecule is CCCCCCCCCCCCc1ccc(NC(C)C)cc1. The highest BCUT2D eigenvalue weighted by molar-refractivity contribution is 5.45. The number of aryl methyl sites for hydroxylation is 1. The number of nitrogens with one attached hydrogen (secondary N) is 1. The van der Waals surface area contributed by atoms with Gasteiger partial charge in [0.25, 0.3) is 0 Å². The highest BCUT2D eigenvalue weighted by Crippen LogP contribution is 2.15. The van der Waals surface area contributed by atoms with Crippen LogP contribution in [0, 0.1) is 0 Å². The average molecular weight is 304 g/mol. The summed E-state index contributed by atoms with van der Waals surface area (Å²) in [6.07, 6.45) is 15.4. The predicted molar refractivity (Wildman–Crippen MR) is 101 cm³/mol. The molecule has 1 N–H and O–H groups in total. The van der Waals surface area contributed by atoms with Crippen molar-refractivity contribution in [1.29, 1.82) is 0 Å². The van der Waals surface area contributed by atoms with E-state index in [0.717, 1.165) is 0 Å². The molecule has 0 aromatic heterocycles. The number of unbranched alkanes of at least 4 members (excludes halogenated alkanes) is 9. The van der Waals surface area contributed by atoms with E-state index in [2.05, 4.69) is 50.4 Å². The average Bonchev–Trinajstić information content (AvgIpc) is 2.50. The molecule has 0 aliphatic carbocycles. The normalized spacial score (nSPS) is 11.1. The van der Waals surface area contributed by atoms with E-state index in [4.69, 9.17) is 0 Å². The quantitative estimate of drug-likeness (QED) is 0.388. The molecule has 0 saturated carbocycles. The molecule has 1 heteroatoms. The molecule has 1 nitrogen and oxygen atoms in total. The number of anilines is 1. The summed E-state index contributed by atoms with van der Waals surface area (Å²) >= 11 is 0. The molecule has 0 aliphatic heterocycles. The topological polar surface area (TPSA) is 12.0 Å². The standard InChI is InChI=1S/C21H37N/c1-4-5-6-7-8-9-10-11-12-13-14-20-15-17-21(18-16-20)22-19(2)3/h15-19,22H,4-14H2,1-3H3. The molecule has 0 spiro atoms. The third kappa shape index (κ3) is 9.87. The summed E-state index contributed by atoms with van der Waals surface area (Å²) < 4.78 is 0. The van der Waals surface area contributed by atoms with Crippen LogP contribution >= 0.6 is 0 Å². The fraction of sp³-hybridized carbons (Fsp3) is 0.714. The van der Waals surface area contributed by atoms with E-state index >= 15 is 0 Å². The number of benzene rings is 1. The molecule has 0 fully saturated rings. The fourth-order valence-corrected chi connectivity index (χ4v) is 2.92. The Morgan fingerprint density at radius 3 is 1.73 bits per heavy atom. The summed E-state index contributed by atoms with van der Waals surface area (Å²) in [6.45, 7) is 6.64. The Morgan fingerprint density at radius 2 is 1.23 bits per heavy atom. The number of hydrogen-bond donors (Lipinski definition) is 1. The minimum absolute atomic E-state index is 0.507. The van der Waals surface area contributed by atoms with Crippen molar-refractivity contribution in [2.75, 3.05) is 5.32 Å². The lowest BCUT2D eigenvalue weighted by Crippen LogP contribution is -2.09. The largest absolute Gasteiger partial charge is 0.383 e. The minimum Gasteiger partial charge on any atom is -0.383 e. The zero-order valence-electron chi connectivity index (χ0n) is 15.2. The van der Waals surface area contributed by atoms with Gasteiger partial charge in [-0.1, -0.05) is 76.8 Å². The molecule has 0 aliphatic rings. The van der Waals surface area contributed by atoms with Gasteiger partial charge in [-0.05, 0) is 44.4 Å². The fourth-order valence-electron chi connectivity index (χ4n) is 2.92. The second-order valence-corrected chi connectivity index (χ2v) is 6.93. The van der Waals surface area contributed by atoms with Crippen molar-refractivity contribution in [2.24, 2.45) is 0 Å². The van der Waals surface area contributed by atoms with Crippen molar-refractivity contribution in [3.63, 3.8) is 0 Å². The molecule has 1 aromatic rings. The third-order valence-electron chi connectivity index (χ3n) is 4.23. The Kier molecular flexibility index (Phi) is 10.9. The van der Waals surface area contributed by atoms with Crippen molar-refractivity contribution in [2.45, 2.75) is 97.4 Å². The van der Waals surface area contributed by atoms with Crippen LogP contribution in [-0.4, -0.2) is 6.04 Å². The van der Waals surface area contributed by atoms with Crippen molar-refractivity contribution in [3.05, 3.63) is 29.8 Å². The molecule has 0 saturated heterocycles. The first-order valence-electron chi connectivity index (χ1n) is 9.58. The van der Waals surface area contributed by atoms with Gasteiger partial charge < -0.3 is 5.32 Å². The van der Waals surface area contributed by atoms with Crippen LogP contribution in [0.3, 0.4) is 0 Å². The summed E-state index contributed by atoms with van der Waals surface area (Å²) in [5.74, 6) is 0. The van der Waals surface area contributed by atoms with Gasteiger partial charge in [0.2, 0.25) is 0 Å². The Labute approximate surface area is 138 Å². The summed E-state index contributed by atoms with van der Waals surface area (Å²) in [7, 11) is 0. The van der Waals surface area contributed by atoms with Gasteiger partial charge in [0.05, 0.1) is 0 Å². The summed E-state index contributed by atoms with van der Waals surface area (Å²) in [5.41, 5.74) is 2.72. The second kappa shape index (κ2) is 12.6. The van der Waals surface area contributed by atoms with E-state index in [1.54, 1.807) is 0 Å². The van der Waals surface area contributed by atoms with Gasteiger partial charge in [0, 0.05) is 11.7 Å². The van der Waals surface area contributed by atoms with Crippen LogP contribution in [0.15, 0.2) is 24.3 Å². The molecule has 126 valence electrons. The molecule has 1 aromatic carbocycles. The lowest BCUT2D eigenvalue weighted by molar-refractivity contribution is 0.556. The van der Waals surface area contributed by atoms with Crippen LogP contribution in [-0.2, 0) is 6.42 Å². The van der Waals surface area contributed by atoms with Crippen molar-refractivity contribution < 1.29 is 0 Å². The van der Waals surface area contributed by atoms with Crippen molar-refractivity contribution in [3.8, 4) is 0 Å². The van der Waals surface area contributed by atoms with Gasteiger partial charge >= 0.3 is 0 Å².